The van der Waals surface area contributed by atoms with Crippen LogP contribution in [0, 0.1) is 5.82 Å². The van der Waals surface area contributed by atoms with Crippen molar-refractivity contribution in [2.45, 2.75) is 32.1 Å². The van der Waals surface area contributed by atoms with Gasteiger partial charge >= 0.3 is 0 Å². The third-order valence-corrected chi connectivity index (χ3v) is 5.60. The number of rotatable bonds is 8. The number of H-pyrrole nitrogens is 1. The highest BCUT2D eigenvalue weighted by Crippen LogP contribution is 2.27. The number of anilines is 1. The minimum Gasteiger partial charge on any atom is -0.383 e. The number of nitrogens with zero attached hydrogens (tertiary/aromatic N) is 2. The van der Waals surface area contributed by atoms with Crippen LogP contribution in [0.1, 0.15) is 32.1 Å². The van der Waals surface area contributed by atoms with Gasteiger partial charge in [-0.05, 0) is 69.6 Å². The number of hydrogen-bond donors (Lipinski definition) is 2. The molecule has 0 unspecified atom stereocenters. The Bertz CT molecular complexity index is 1030. The fourth-order valence-electron chi connectivity index (χ4n) is 4.01. The molecule has 2 aromatic carbocycles. The van der Waals surface area contributed by atoms with Crippen molar-refractivity contribution in [2.24, 2.45) is 0 Å². The van der Waals surface area contributed by atoms with E-state index in [1.165, 1.54) is 45.0 Å². The van der Waals surface area contributed by atoms with Crippen molar-refractivity contribution in [3.63, 3.8) is 0 Å². The predicted octanol–water partition coefficient (Wildman–Crippen LogP) is 4.83. The molecule has 1 aliphatic heterocycles. The summed E-state index contributed by atoms with van der Waals surface area (Å²) < 4.78 is 14.3. The summed E-state index contributed by atoms with van der Waals surface area (Å²) in [6, 6.07) is 12.2. The Morgan fingerprint density at radius 3 is 2.60 bits per heavy atom. The smallest absolute Gasteiger partial charge is 0.272 e. The average molecular weight is 431 g/mol. The topological polar surface area (TPSA) is 61.0 Å². The molecule has 0 amide bonds. The van der Waals surface area contributed by atoms with E-state index in [1.54, 1.807) is 18.2 Å². The molecule has 0 aliphatic carbocycles. The van der Waals surface area contributed by atoms with Gasteiger partial charge < -0.3 is 10.2 Å². The van der Waals surface area contributed by atoms with E-state index in [9.17, 15) is 9.18 Å². The molecule has 30 heavy (non-hydrogen) atoms. The highest BCUT2D eigenvalue weighted by molar-refractivity contribution is 5.94. The number of aromatic amines is 1. The molecular formula is C23H28ClFN4O. The molecular weight excluding hydrogens is 403 g/mol. The van der Waals surface area contributed by atoms with Crippen LogP contribution in [-0.4, -0.2) is 41.3 Å². The molecule has 0 bridgehead atoms. The maximum Gasteiger partial charge on any atom is 0.272 e. The maximum absolute atomic E-state index is 14.3. The first kappa shape index (κ1) is 22.2. The minimum atomic E-state index is -0.278. The molecule has 2 heterocycles. The molecule has 7 heteroatoms. The van der Waals surface area contributed by atoms with Crippen LogP contribution in [-0.2, 0) is 0 Å². The van der Waals surface area contributed by atoms with Crippen molar-refractivity contribution in [1.29, 1.82) is 0 Å². The molecule has 1 fully saturated rings. The van der Waals surface area contributed by atoms with Crippen molar-refractivity contribution in [3.05, 3.63) is 58.6 Å². The second-order valence-electron chi connectivity index (χ2n) is 7.68. The Balaban J connectivity index is 0.00000256. The number of aromatic nitrogens is 2. The zero-order valence-corrected chi connectivity index (χ0v) is 17.8. The Kier molecular flexibility index (Phi) is 7.82. The molecule has 1 aliphatic rings. The van der Waals surface area contributed by atoms with Gasteiger partial charge in [-0.3, -0.25) is 4.79 Å². The average Bonchev–Trinajstić information content (AvgIpc) is 3.26. The van der Waals surface area contributed by atoms with Crippen LogP contribution < -0.4 is 10.9 Å². The number of fused-ring (bicyclic) bond motifs is 1. The van der Waals surface area contributed by atoms with E-state index in [1.807, 2.05) is 18.2 Å². The fourth-order valence-corrected chi connectivity index (χ4v) is 4.01. The molecule has 2 N–H and O–H groups in total. The molecule has 0 radical (unpaired) electrons. The van der Waals surface area contributed by atoms with E-state index >= 15 is 0 Å². The number of halogens is 2. The van der Waals surface area contributed by atoms with Crippen molar-refractivity contribution >= 4 is 28.9 Å². The quantitative estimate of drug-likeness (QED) is 0.502. The Morgan fingerprint density at radius 2 is 1.80 bits per heavy atom. The number of benzene rings is 2. The van der Waals surface area contributed by atoms with Crippen LogP contribution in [0.15, 0.2) is 47.3 Å². The number of unbranched alkanes of at least 4 members (excludes halogenated alkanes) is 2. The molecule has 160 valence electrons. The lowest BCUT2D eigenvalue weighted by molar-refractivity contribution is 0.329. The summed E-state index contributed by atoms with van der Waals surface area (Å²) in [6.45, 7) is 4.39. The van der Waals surface area contributed by atoms with Gasteiger partial charge in [0.2, 0.25) is 0 Å². The lowest BCUT2D eigenvalue weighted by atomic mass is 10.0. The third-order valence-electron chi connectivity index (χ3n) is 5.60. The van der Waals surface area contributed by atoms with Crippen LogP contribution >= 0.6 is 12.4 Å². The SMILES string of the molecule is Cl.O=c1[nH]nc(-c2ccc(F)c(NCCCCCN3CCCC3)c2)c2ccccc12. The van der Waals surface area contributed by atoms with Crippen molar-refractivity contribution in [1.82, 2.24) is 15.1 Å². The van der Waals surface area contributed by atoms with Gasteiger partial charge in [-0.15, -0.1) is 12.4 Å². The van der Waals surface area contributed by atoms with Crippen LogP contribution in [0.5, 0.6) is 0 Å². The van der Waals surface area contributed by atoms with Crippen molar-refractivity contribution < 1.29 is 4.39 Å². The van der Waals surface area contributed by atoms with Gasteiger partial charge in [-0.25, -0.2) is 9.49 Å². The fraction of sp³-hybridized carbons (Fsp3) is 0.391. The van der Waals surface area contributed by atoms with Gasteiger partial charge in [0.1, 0.15) is 5.82 Å². The Hall–Kier alpha value is -2.44. The lowest BCUT2D eigenvalue weighted by Crippen LogP contribution is -2.20. The molecule has 0 spiro atoms. The lowest BCUT2D eigenvalue weighted by Gasteiger charge is -2.14. The largest absolute Gasteiger partial charge is 0.383 e. The zero-order valence-electron chi connectivity index (χ0n) is 17.0. The highest BCUT2D eigenvalue weighted by atomic mass is 35.5. The monoisotopic (exact) mass is 430 g/mol. The van der Waals surface area contributed by atoms with Gasteiger partial charge in [-0.2, -0.15) is 5.10 Å². The first-order chi connectivity index (χ1) is 14.2. The summed E-state index contributed by atoms with van der Waals surface area (Å²) >= 11 is 0. The number of nitrogens with one attached hydrogen (secondary N) is 2. The van der Waals surface area contributed by atoms with Gasteiger partial charge in [-0.1, -0.05) is 24.6 Å². The molecule has 4 rings (SSSR count). The van der Waals surface area contributed by atoms with Gasteiger partial charge in [0.15, 0.2) is 0 Å². The highest BCUT2D eigenvalue weighted by Gasteiger charge is 2.12. The summed E-state index contributed by atoms with van der Waals surface area (Å²) in [4.78, 5) is 14.5. The van der Waals surface area contributed by atoms with E-state index in [4.69, 9.17) is 0 Å². The maximum atomic E-state index is 14.3. The van der Waals surface area contributed by atoms with E-state index < -0.39 is 0 Å². The van der Waals surface area contributed by atoms with Crippen LogP contribution in [0.2, 0.25) is 0 Å². The molecule has 0 atom stereocenters. The summed E-state index contributed by atoms with van der Waals surface area (Å²) in [5.41, 5.74) is 1.67. The molecule has 0 saturated carbocycles. The normalized spacial score (nSPS) is 14.0. The van der Waals surface area contributed by atoms with Crippen molar-refractivity contribution in [2.75, 3.05) is 31.5 Å². The summed E-state index contributed by atoms with van der Waals surface area (Å²) in [5, 5.41) is 11.3. The second-order valence-corrected chi connectivity index (χ2v) is 7.68. The van der Waals surface area contributed by atoms with Gasteiger partial charge in [0.25, 0.3) is 5.56 Å². The Labute approximate surface area is 182 Å². The molecule has 5 nitrogen and oxygen atoms in total. The van der Waals surface area contributed by atoms with Gasteiger partial charge in [0, 0.05) is 17.5 Å². The van der Waals surface area contributed by atoms with Gasteiger partial charge in [0.05, 0.1) is 16.8 Å². The zero-order chi connectivity index (χ0) is 20.1. The number of likely N-dealkylation sites (tertiary alicyclic amines) is 1. The summed E-state index contributed by atoms with van der Waals surface area (Å²) in [5.74, 6) is -0.278. The van der Waals surface area contributed by atoms with E-state index in [0.29, 0.717) is 16.8 Å². The second kappa shape index (κ2) is 10.5. The molecule has 1 saturated heterocycles. The summed E-state index contributed by atoms with van der Waals surface area (Å²) in [6.07, 6.45) is 6.00. The van der Waals surface area contributed by atoms with Crippen LogP contribution in [0.4, 0.5) is 10.1 Å². The van der Waals surface area contributed by atoms with Crippen LogP contribution in [0.3, 0.4) is 0 Å². The van der Waals surface area contributed by atoms with Crippen molar-refractivity contribution in [3.8, 4) is 11.3 Å². The molecule has 3 aromatic rings. The standard InChI is InChI=1S/C23H27FN4O.ClH/c24-20-11-10-17(22-18-8-2-3-9-19(18)23(29)27-26-22)16-21(20)25-12-4-1-5-13-28-14-6-7-15-28;/h2-3,8-11,16,25H,1,4-7,12-15H2,(H,27,29);1H. The third kappa shape index (κ3) is 5.18. The first-order valence-corrected chi connectivity index (χ1v) is 10.5. The van der Waals surface area contributed by atoms with Crippen LogP contribution in [0.25, 0.3) is 22.0 Å². The predicted molar refractivity (Wildman–Crippen MR) is 123 cm³/mol. The minimum absolute atomic E-state index is 0. The van der Waals surface area contributed by atoms with E-state index in [0.717, 1.165) is 30.3 Å². The number of hydrogen-bond acceptors (Lipinski definition) is 4. The Morgan fingerprint density at radius 1 is 1.03 bits per heavy atom. The van der Waals surface area contributed by atoms with E-state index in [-0.39, 0.29) is 23.8 Å². The van der Waals surface area contributed by atoms with E-state index in [2.05, 4.69) is 20.4 Å². The summed E-state index contributed by atoms with van der Waals surface area (Å²) in [7, 11) is 0. The first-order valence-electron chi connectivity index (χ1n) is 10.5. The molecule has 1 aromatic heterocycles.